The number of carboxylic acids is 2. The van der Waals surface area contributed by atoms with Crippen molar-refractivity contribution >= 4 is 40.1 Å². The van der Waals surface area contributed by atoms with E-state index in [4.69, 9.17) is 20.7 Å². The number of hydrogen-bond donors (Lipinski definition) is 6. The molecule has 5 rings (SSSR count). The minimum absolute atomic E-state index is 0.215. The number of aliphatic hydroxyl groups is 1. The molecule has 0 spiro atoms. The van der Waals surface area contributed by atoms with Gasteiger partial charge in [-0.15, -0.1) is 11.3 Å². The Morgan fingerprint density at radius 2 is 1.61 bits per heavy atom. The number of carbonyl (C=O) groups is 3. The number of rotatable bonds is 16. The van der Waals surface area contributed by atoms with Crippen molar-refractivity contribution in [3.8, 4) is 16.2 Å². The number of aryl methyl sites for hydroxylation is 2. The molecule has 258 valence electrons. The molecule has 11 heteroatoms. The van der Waals surface area contributed by atoms with E-state index in [0.717, 1.165) is 41.0 Å². The summed E-state index contributed by atoms with van der Waals surface area (Å²) >= 11 is 1.67. The van der Waals surface area contributed by atoms with Crippen LogP contribution in [0.3, 0.4) is 0 Å². The number of nitrogens with two attached hydrogens (primary N) is 1. The van der Waals surface area contributed by atoms with Crippen LogP contribution in [0.25, 0.3) is 21.3 Å². The highest BCUT2D eigenvalue weighted by molar-refractivity contribution is 7.13. The van der Waals surface area contributed by atoms with Crippen LogP contribution >= 0.6 is 11.3 Å². The fourth-order valence-corrected chi connectivity index (χ4v) is 6.12. The van der Waals surface area contributed by atoms with E-state index in [9.17, 15) is 19.5 Å². The number of nitrogens with one attached hydrogen (secondary N) is 2. The zero-order chi connectivity index (χ0) is 35.4. The maximum Gasteiger partial charge on any atom is 0.303 e. The minimum Gasteiger partial charge on any atom is -0.490 e. The zero-order valence-corrected chi connectivity index (χ0v) is 28.5. The molecule has 49 heavy (non-hydrogen) atoms. The smallest absolute Gasteiger partial charge is 0.303 e. The van der Waals surface area contributed by atoms with Crippen molar-refractivity contribution in [2.45, 2.75) is 57.6 Å². The maximum atomic E-state index is 11.3. The molecule has 0 bridgehead atoms. The molecule has 7 N–H and O–H groups in total. The summed E-state index contributed by atoms with van der Waals surface area (Å²) in [6.45, 7) is 4.96. The van der Waals surface area contributed by atoms with Gasteiger partial charge in [-0.3, -0.25) is 14.4 Å². The second-order valence-corrected chi connectivity index (χ2v) is 13.3. The highest BCUT2D eigenvalue weighted by Crippen LogP contribution is 2.33. The molecule has 0 aliphatic heterocycles. The number of carbonyl (C=O) groups excluding carboxylic acids is 1. The van der Waals surface area contributed by atoms with E-state index in [1.807, 2.05) is 42.5 Å². The van der Waals surface area contributed by atoms with Crippen LogP contribution in [-0.2, 0) is 28.9 Å². The lowest BCUT2D eigenvalue weighted by atomic mass is 9.93. The summed E-state index contributed by atoms with van der Waals surface area (Å²) in [4.78, 5) is 35.3. The Kier molecular flexibility index (Phi) is 13.1. The summed E-state index contributed by atoms with van der Waals surface area (Å²) in [5, 5.41) is 33.3. The predicted octanol–water partition coefficient (Wildman–Crippen LogP) is 6.07. The number of aromatic amines is 1. The normalized spacial score (nSPS) is 11.8. The third-order valence-corrected chi connectivity index (χ3v) is 8.82. The monoisotopic (exact) mass is 685 g/mol. The standard InChI is InChI=1S/C34H37N3O3S.C4H6O4/c1-34(2,37-21-27(38)22-40-30-10-4-3-8-29(30)31-11-6-18-41-31)19-26-20-36-32-24(7-5-9-28(26)32)15-12-23-13-16-25(17-14-23)33(35)39;5-3(6)1-2-4(7)8/h3-11,13-14,16-18,20,27,36-38H,12,15,19,21-22H2,1-2H3,(H2,35,39);1-2H2,(H,5,6)(H,7,8)/t27-;/m0./s1. The van der Waals surface area contributed by atoms with Crippen molar-refractivity contribution in [2.75, 3.05) is 13.2 Å². The summed E-state index contributed by atoms with van der Waals surface area (Å²) in [6.07, 6.45) is 3.43. The summed E-state index contributed by atoms with van der Waals surface area (Å²) in [7, 11) is 0. The highest BCUT2D eigenvalue weighted by atomic mass is 32.1. The van der Waals surface area contributed by atoms with Gasteiger partial charge in [0.05, 0.1) is 12.8 Å². The van der Waals surface area contributed by atoms with Crippen molar-refractivity contribution in [3.63, 3.8) is 0 Å². The Hall–Kier alpha value is -4.97. The number of aliphatic carboxylic acids is 2. The Morgan fingerprint density at radius 3 is 2.27 bits per heavy atom. The van der Waals surface area contributed by atoms with E-state index >= 15 is 0 Å². The summed E-state index contributed by atoms with van der Waals surface area (Å²) in [6, 6.07) is 26.0. The van der Waals surface area contributed by atoms with E-state index in [0.29, 0.717) is 12.1 Å². The van der Waals surface area contributed by atoms with Crippen molar-refractivity contribution in [3.05, 3.63) is 113 Å². The Bertz CT molecular complexity index is 1820. The number of H-pyrrole nitrogens is 1. The zero-order valence-electron chi connectivity index (χ0n) is 27.6. The quantitative estimate of drug-likeness (QED) is 0.0726. The van der Waals surface area contributed by atoms with Gasteiger partial charge in [-0.25, -0.2) is 0 Å². The first-order valence-corrected chi connectivity index (χ1v) is 16.9. The Morgan fingerprint density at radius 1 is 0.898 bits per heavy atom. The molecule has 0 radical (unpaired) electrons. The fraction of sp³-hybridized carbons (Fsp3) is 0.289. The number of ether oxygens (including phenoxy) is 1. The minimum atomic E-state index is -1.08. The lowest BCUT2D eigenvalue weighted by molar-refractivity contribution is -0.143. The summed E-state index contributed by atoms with van der Waals surface area (Å²) in [5.74, 6) is -1.78. The van der Waals surface area contributed by atoms with Crippen LogP contribution in [0.1, 0.15) is 53.7 Å². The number of hydrogen-bond acceptors (Lipinski definition) is 7. The van der Waals surface area contributed by atoms with E-state index < -0.39 is 23.9 Å². The molecule has 2 heterocycles. The van der Waals surface area contributed by atoms with Gasteiger partial charge in [0.1, 0.15) is 18.5 Å². The van der Waals surface area contributed by atoms with Crippen LogP contribution in [0.4, 0.5) is 0 Å². The van der Waals surface area contributed by atoms with Crippen molar-refractivity contribution in [1.82, 2.24) is 10.3 Å². The van der Waals surface area contributed by atoms with Gasteiger partial charge in [0.2, 0.25) is 5.91 Å². The average molecular weight is 686 g/mol. The molecule has 0 saturated carbocycles. The van der Waals surface area contributed by atoms with Gasteiger partial charge in [-0.05, 0) is 85.5 Å². The van der Waals surface area contributed by atoms with Crippen LogP contribution in [0.5, 0.6) is 5.75 Å². The van der Waals surface area contributed by atoms with Crippen molar-refractivity contribution in [2.24, 2.45) is 5.73 Å². The number of β-amino-alcohol motifs (C(OH)–C–C–N with tert-alkyl or cyclic N) is 1. The largest absolute Gasteiger partial charge is 0.490 e. The molecule has 5 aromatic rings. The Labute approximate surface area is 289 Å². The van der Waals surface area contributed by atoms with Gasteiger partial charge in [0, 0.05) is 45.2 Å². The first-order valence-electron chi connectivity index (χ1n) is 16.0. The Balaban J connectivity index is 0.000000603. The molecular formula is C38H43N3O7S. The van der Waals surface area contributed by atoms with E-state index in [-0.39, 0.29) is 25.0 Å². The molecule has 0 fully saturated rings. The van der Waals surface area contributed by atoms with Crippen molar-refractivity contribution in [1.29, 1.82) is 0 Å². The van der Waals surface area contributed by atoms with E-state index in [2.05, 4.69) is 60.0 Å². The molecule has 1 amide bonds. The molecule has 1 atom stereocenters. The highest BCUT2D eigenvalue weighted by Gasteiger charge is 2.22. The summed E-state index contributed by atoms with van der Waals surface area (Å²) in [5.41, 5.74) is 11.5. The van der Waals surface area contributed by atoms with Crippen LogP contribution < -0.4 is 15.8 Å². The number of carboxylic acid groups (broad SMARTS) is 2. The SMILES string of the molecule is CC(C)(Cc1c[nH]c2c(CCc3ccc(C(N)=O)cc3)cccc12)NC[C@H](O)COc1ccccc1-c1cccs1.O=C(O)CCC(=O)O. The number of para-hydroxylation sites is 2. The number of thiophene rings is 1. The van der Waals surface area contributed by atoms with Crippen LogP contribution in [0, 0.1) is 0 Å². The maximum absolute atomic E-state index is 11.3. The topological polar surface area (TPSA) is 175 Å². The lowest BCUT2D eigenvalue weighted by Crippen LogP contribution is -2.46. The van der Waals surface area contributed by atoms with Gasteiger partial charge in [-0.2, -0.15) is 0 Å². The van der Waals surface area contributed by atoms with Gasteiger partial charge in [-0.1, -0.05) is 48.5 Å². The number of benzene rings is 3. The van der Waals surface area contributed by atoms with E-state index in [1.54, 1.807) is 23.5 Å². The molecule has 0 aliphatic rings. The van der Waals surface area contributed by atoms with Crippen LogP contribution in [0.2, 0.25) is 0 Å². The molecule has 0 aliphatic carbocycles. The van der Waals surface area contributed by atoms with Gasteiger partial charge >= 0.3 is 11.9 Å². The van der Waals surface area contributed by atoms with E-state index in [1.165, 1.54) is 22.1 Å². The number of amides is 1. The molecule has 0 saturated heterocycles. The number of aliphatic hydroxyl groups excluding tert-OH is 1. The van der Waals surface area contributed by atoms with Crippen molar-refractivity contribution < 1.29 is 34.4 Å². The van der Waals surface area contributed by atoms with Crippen LogP contribution in [0.15, 0.2) is 90.4 Å². The first kappa shape index (κ1) is 36.9. The average Bonchev–Trinajstić information content (AvgIpc) is 3.76. The summed E-state index contributed by atoms with van der Waals surface area (Å²) < 4.78 is 6.03. The molecule has 0 unspecified atom stereocenters. The van der Waals surface area contributed by atoms with Gasteiger partial charge in [0.25, 0.3) is 0 Å². The first-order chi connectivity index (χ1) is 23.4. The molecular weight excluding hydrogens is 642 g/mol. The predicted molar refractivity (Wildman–Crippen MR) is 192 cm³/mol. The third kappa shape index (κ3) is 11.3. The van der Waals surface area contributed by atoms with Gasteiger partial charge < -0.3 is 36.1 Å². The second kappa shape index (κ2) is 17.4. The molecule has 10 nitrogen and oxygen atoms in total. The number of fused-ring (bicyclic) bond motifs is 1. The second-order valence-electron chi connectivity index (χ2n) is 12.4. The molecule has 3 aromatic carbocycles. The lowest BCUT2D eigenvalue weighted by Gasteiger charge is -2.28. The number of primary amides is 1. The fourth-order valence-electron chi connectivity index (χ4n) is 5.36. The number of aromatic nitrogens is 1. The third-order valence-electron chi connectivity index (χ3n) is 7.92. The molecule has 2 aromatic heterocycles. The van der Waals surface area contributed by atoms with Crippen LogP contribution in [-0.4, -0.2) is 62.9 Å². The van der Waals surface area contributed by atoms with Gasteiger partial charge in [0.15, 0.2) is 0 Å².